The molecule has 0 aliphatic heterocycles. The van der Waals surface area contributed by atoms with Crippen LogP contribution in [0.2, 0.25) is 0 Å². The first kappa shape index (κ1) is 12.2. The summed E-state index contributed by atoms with van der Waals surface area (Å²) in [7, 11) is 0. The fourth-order valence-corrected chi connectivity index (χ4v) is 1.70. The Morgan fingerprint density at radius 1 is 1.33 bits per heavy atom. The number of fused-ring (bicyclic) bond motifs is 1. The van der Waals surface area contributed by atoms with E-state index < -0.39 is 5.97 Å². The molecule has 0 saturated heterocycles. The number of rotatable bonds is 4. The predicted molar refractivity (Wildman–Crippen MR) is 65.6 cm³/mol. The molecule has 5 heteroatoms. The van der Waals surface area contributed by atoms with Crippen molar-refractivity contribution in [3.05, 3.63) is 35.6 Å². The Morgan fingerprint density at radius 2 is 2.11 bits per heavy atom. The number of nitrogens with one attached hydrogen (secondary N) is 1. The molecule has 2 aromatic rings. The number of benzene rings is 1. The first-order chi connectivity index (χ1) is 8.56. The Labute approximate surface area is 103 Å². The van der Waals surface area contributed by atoms with E-state index in [9.17, 15) is 9.59 Å². The van der Waals surface area contributed by atoms with Crippen LogP contribution in [0.25, 0.3) is 11.0 Å². The lowest BCUT2D eigenvalue weighted by Gasteiger charge is -1.98. The molecule has 0 bridgehead atoms. The zero-order valence-corrected chi connectivity index (χ0v) is 9.90. The number of hydrogen-bond donors (Lipinski definition) is 2. The minimum absolute atomic E-state index is 0.0840. The second kappa shape index (κ2) is 4.91. The minimum Gasteiger partial charge on any atom is -0.478 e. The van der Waals surface area contributed by atoms with Gasteiger partial charge in [0.1, 0.15) is 11.3 Å². The third-order valence-corrected chi connectivity index (χ3v) is 2.56. The fourth-order valence-electron chi connectivity index (χ4n) is 1.70. The number of carbonyl (C=O) groups excluding carboxylic acids is 1. The van der Waals surface area contributed by atoms with E-state index in [1.807, 2.05) is 6.07 Å². The molecule has 0 saturated carbocycles. The molecule has 2 rings (SSSR count). The van der Waals surface area contributed by atoms with E-state index in [1.54, 1.807) is 6.07 Å². The van der Waals surface area contributed by atoms with Gasteiger partial charge in [0.05, 0.1) is 5.56 Å². The summed E-state index contributed by atoms with van der Waals surface area (Å²) in [6.07, 6.45) is 0.580. The van der Waals surface area contributed by atoms with Gasteiger partial charge in [-0.3, -0.25) is 4.79 Å². The first-order valence-corrected chi connectivity index (χ1v) is 5.56. The van der Waals surface area contributed by atoms with Crippen LogP contribution in [-0.2, 0) is 11.2 Å². The average molecular weight is 247 g/mol. The highest BCUT2D eigenvalue weighted by Crippen LogP contribution is 2.21. The van der Waals surface area contributed by atoms with Crippen molar-refractivity contribution in [1.29, 1.82) is 0 Å². The third-order valence-electron chi connectivity index (χ3n) is 2.56. The summed E-state index contributed by atoms with van der Waals surface area (Å²) in [5.74, 6) is -0.339. The molecule has 0 aliphatic carbocycles. The van der Waals surface area contributed by atoms with E-state index >= 15 is 0 Å². The average Bonchev–Trinajstić information content (AvgIpc) is 2.69. The second-order valence-corrected chi connectivity index (χ2v) is 4.00. The molecule has 94 valence electrons. The monoisotopic (exact) mass is 247 g/mol. The number of carboxylic acid groups (broad SMARTS) is 1. The molecule has 1 aromatic heterocycles. The molecule has 1 amide bonds. The summed E-state index contributed by atoms with van der Waals surface area (Å²) in [5.41, 5.74) is 0.748. The van der Waals surface area contributed by atoms with Gasteiger partial charge in [-0.2, -0.15) is 0 Å². The van der Waals surface area contributed by atoms with Gasteiger partial charge in [-0.1, -0.05) is 6.07 Å². The zero-order valence-electron chi connectivity index (χ0n) is 9.90. The van der Waals surface area contributed by atoms with Crippen LogP contribution in [0.15, 0.2) is 28.7 Å². The highest BCUT2D eigenvalue weighted by molar-refractivity contribution is 5.92. The molecule has 0 spiro atoms. The lowest BCUT2D eigenvalue weighted by molar-refractivity contribution is -0.118. The van der Waals surface area contributed by atoms with E-state index in [-0.39, 0.29) is 11.5 Å². The van der Waals surface area contributed by atoms with Gasteiger partial charge in [-0.15, -0.1) is 0 Å². The van der Waals surface area contributed by atoms with Gasteiger partial charge in [-0.25, -0.2) is 4.79 Å². The van der Waals surface area contributed by atoms with Crippen LogP contribution in [-0.4, -0.2) is 23.5 Å². The Kier molecular flexibility index (Phi) is 3.32. The lowest BCUT2D eigenvalue weighted by Crippen LogP contribution is -2.22. The molecule has 0 fully saturated rings. The van der Waals surface area contributed by atoms with Gasteiger partial charge >= 0.3 is 5.97 Å². The van der Waals surface area contributed by atoms with E-state index in [1.165, 1.54) is 19.1 Å². The molecule has 18 heavy (non-hydrogen) atoms. The lowest BCUT2D eigenvalue weighted by atomic mass is 10.1. The Bertz CT molecular complexity index is 600. The summed E-state index contributed by atoms with van der Waals surface area (Å²) in [5, 5.41) is 12.4. The maximum Gasteiger partial charge on any atom is 0.335 e. The Hall–Kier alpha value is -2.30. The van der Waals surface area contributed by atoms with Crippen molar-refractivity contribution in [2.45, 2.75) is 13.3 Å². The predicted octanol–water partition coefficient (Wildman–Crippen LogP) is 1.81. The van der Waals surface area contributed by atoms with Crippen molar-refractivity contribution in [3.8, 4) is 0 Å². The third kappa shape index (κ3) is 2.68. The Morgan fingerprint density at radius 3 is 2.78 bits per heavy atom. The number of furan rings is 1. The molecular weight excluding hydrogens is 234 g/mol. The number of amides is 1. The molecule has 1 aromatic carbocycles. The number of hydrogen-bond acceptors (Lipinski definition) is 3. The zero-order chi connectivity index (χ0) is 13.1. The van der Waals surface area contributed by atoms with Crippen LogP contribution in [0.5, 0.6) is 0 Å². The van der Waals surface area contributed by atoms with Gasteiger partial charge in [-0.05, 0) is 18.2 Å². The van der Waals surface area contributed by atoms with E-state index in [0.717, 1.165) is 11.1 Å². The van der Waals surface area contributed by atoms with Crippen molar-refractivity contribution in [3.63, 3.8) is 0 Å². The van der Waals surface area contributed by atoms with Crippen LogP contribution in [0.1, 0.15) is 23.0 Å². The molecule has 0 radical (unpaired) electrons. The van der Waals surface area contributed by atoms with E-state index in [0.29, 0.717) is 18.5 Å². The topological polar surface area (TPSA) is 79.5 Å². The summed E-state index contributed by atoms with van der Waals surface area (Å²) < 4.78 is 5.53. The maximum absolute atomic E-state index is 10.8. The largest absolute Gasteiger partial charge is 0.478 e. The number of carboxylic acids is 1. The Balaban J connectivity index is 2.16. The van der Waals surface area contributed by atoms with Crippen molar-refractivity contribution in [2.75, 3.05) is 6.54 Å². The number of carbonyl (C=O) groups is 2. The van der Waals surface area contributed by atoms with Gasteiger partial charge in [0.15, 0.2) is 0 Å². The molecule has 0 atom stereocenters. The molecule has 0 aliphatic rings. The van der Waals surface area contributed by atoms with Crippen LogP contribution in [0.3, 0.4) is 0 Å². The van der Waals surface area contributed by atoms with Gasteiger partial charge in [0, 0.05) is 25.3 Å². The summed E-state index contributed by atoms with van der Waals surface area (Å²) in [6.45, 7) is 1.96. The first-order valence-electron chi connectivity index (χ1n) is 5.56. The van der Waals surface area contributed by atoms with Crippen LogP contribution in [0.4, 0.5) is 0 Å². The highest BCUT2D eigenvalue weighted by atomic mass is 16.4. The summed E-state index contributed by atoms with van der Waals surface area (Å²) in [4.78, 5) is 21.5. The molecule has 1 heterocycles. The van der Waals surface area contributed by atoms with Crippen molar-refractivity contribution in [1.82, 2.24) is 5.32 Å². The van der Waals surface area contributed by atoms with Gasteiger partial charge in [0.25, 0.3) is 0 Å². The molecular formula is C13H13NO4. The quantitative estimate of drug-likeness (QED) is 0.863. The standard InChI is InChI=1S/C13H13NO4/c1-8(15)14-5-4-11-6-9-2-3-10(13(16)17)7-12(9)18-11/h2-3,6-7H,4-5H2,1H3,(H,14,15)(H,16,17). The highest BCUT2D eigenvalue weighted by Gasteiger charge is 2.08. The number of aromatic carboxylic acids is 1. The minimum atomic E-state index is -0.979. The van der Waals surface area contributed by atoms with E-state index in [2.05, 4.69) is 5.32 Å². The maximum atomic E-state index is 10.8. The summed E-state index contributed by atoms with van der Waals surface area (Å²) in [6, 6.07) is 6.60. The van der Waals surface area contributed by atoms with Crippen LogP contribution in [0, 0.1) is 0 Å². The molecule has 5 nitrogen and oxygen atoms in total. The second-order valence-electron chi connectivity index (χ2n) is 4.00. The van der Waals surface area contributed by atoms with Crippen LogP contribution < -0.4 is 5.32 Å². The summed E-state index contributed by atoms with van der Waals surface area (Å²) >= 11 is 0. The molecule has 0 unspecified atom stereocenters. The molecule has 2 N–H and O–H groups in total. The SMILES string of the molecule is CC(=O)NCCc1cc2ccc(C(=O)O)cc2o1. The van der Waals surface area contributed by atoms with Crippen LogP contribution >= 0.6 is 0 Å². The van der Waals surface area contributed by atoms with E-state index in [4.69, 9.17) is 9.52 Å². The van der Waals surface area contributed by atoms with Gasteiger partial charge < -0.3 is 14.8 Å². The fraction of sp³-hybridized carbons (Fsp3) is 0.231. The van der Waals surface area contributed by atoms with Crippen molar-refractivity contribution in [2.24, 2.45) is 0 Å². The van der Waals surface area contributed by atoms with Crippen molar-refractivity contribution < 1.29 is 19.1 Å². The normalized spacial score (nSPS) is 10.5. The van der Waals surface area contributed by atoms with Gasteiger partial charge in [0.2, 0.25) is 5.91 Å². The van der Waals surface area contributed by atoms with Crippen molar-refractivity contribution >= 4 is 22.8 Å². The smallest absolute Gasteiger partial charge is 0.335 e.